The Labute approximate surface area is 298 Å². The van der Waals surface area contributed by atoms with Gasteiger partial charge in [0.2, 0.25) is 0 Å². The minimum absolute atomic E-state index is 0.102. The number of hydrogen-bond acceptors (Lipinski definition) is 4. The van der Waals surface area contributed by atoms with Crippen LogP contribution in [0.25, 0.3) is 0 Å². The Hall–Kier alpha value is -1.40. The monoisotopic (exact) mass is 693 g/mol. The molecule has 0 radical (unpaired) electrons. The molecule has 4 saturated carbocycles. The molecule has 1 saturated heterocycles. The molecule has 0 aromatic carbocycles. The normalized spacial score (nSPS) is 45.9. The van der Waals surface area contributed by atoms with E-state index in [2.05, 4.69) is 65.2 Å². The fraction of sp³-hybridized carbons (Fsp3) is 0.837. The van der Waals surface area contributed by atoms with Crippen molar-refractivity contribution in [3.63, 3.8) is 0 Å². The Balaban J connectivity index is 1.13. The first-order valence-corrected chi connectivity index (χ1v) is 22.0. The van der Waals surface area contributed by atoms with Gasteiger partial charge in [-0.05, 0) is 171 Å². The zero-order chi connectivity index (χ0) is 35.2. The summed E-state index contributed by atoms with van der Waals surface area (Å²) in [5.74, 6) is 3.30. The third-order valence-corrected chi connectivity index (χ3v) is 19.1. The lowest BCUT2D eigenvalue weighted by molar-refractivity contribution is -0.227. The van der Waals surface area contributed by atoms with E-state index in [1.54, 1.807) is 0 Å². The molecule has 0 spiro atoms. The van der Waals surface area contributed by atoms with E-state index in [4.69, 9.17) is 0 Å². The largest absolute Gasteiger partial charge is 0.481 e. The molecule has 7 rings (SSSR count). The van der Waals surface area contributed by atoms with E-state index in [0.717, 1.165) is 43.6 Å². The number of aliphatic carboxylic acids is 1. The first-order chi connectivity index (χ1) is 23.0. The highest BCUT2D eigenvalue weighted by Crippen LogP contribution is 2.78. The summed E-state index contributed by atoms with van der Waals surface area (Å²) in [5, 5.41) is 9.60. The molecule has 0 bridgehead atoms. The summed E-state index contributed by atoms with van der Waals surface area (Å²) in [7, 11) is -2.84. The summed E-state index contributed by atoms with van der Waals surface area (Å²) in [6.45, 7) is 22.6. The Kier molecular flexibility index (Phi) is 9.06. The Morgan fingerprint density at radius 3 is 2.31 bits per heavy atom. The second kappa shape index (κ2) is 12.3. The minimum Gasteiger partial charge on any atom is -0.481 e. The van der Waals surface area contributed by atoms with E-state index >= 15 is 0 Å². The number of carboxylic acids is 1. The van der Waals surface area contributed by atoms with Gasteiger partial charge in [-0.1, -0.05) is 58.9 Å². The fourth-order valence-corrected chi connectivity index (χ4v) is 16.1. The van der Waals surface area contributed by atoms with Gasteiger partial charge in [0.15, 0.2) is 9.84 Å². The Morgan fingerprint density at radius 1 is 0.918 bits per heavy atom. The summed E-state index contributed by atoms with van der Waals surface area (Å²) in [5.41, 5.74) is 5.85. The number of nitrogens with zero attached hydrogens (tertiary/aromatic N) is 1. The quantitative estimate of drug-likeness (QED) is 0.269. The fourth-order valence-electron chi connectivity index (χ4n) is 14.8. The molecule has 1 aliphatic heterocycles. The van der Waals surface area contributed by atoms with Gasteiger partial charge in [-0.15, -0.1) is 0 Å². The molecule has 49 heavy (non-hydrogen) atoms. The van der Waals surface area contributed by atoms with E-state index < -0.39 is 15.8 Å². The molecule has 7 aliphatic rings. The second-order valence-corrected chi connectivity index (χ2v) is 22.0. The molecule has 1 heterocycles. The molecule has 274 valence electrons. The van der Waals surface area contributed by atoms with Gasteiger partial charge >= 0.3 is 5.97 Å². The van der Waals surface area contributed by atoms with E-state index in [0.29, 0.717) is 59.1 Å². The van der Waals surface area contributed by atoms with Gasteiger partial charge in [-0.3, -0.25) is 4.79 Å². The molecular weight excluding hydrogens is 627 g/mol. The first kappa shape index (κ1) is 36.0. The molecule has 0 aromatic rings. The van der Waals surface area contributed by atoms with Crippen LogP contribution in [0.5, 0.6) is 0 Å². The van der Waals surface area contributed by atoms with Crippen LogP contribution < -0.4 is 0 Å². The topological polar surface area (TPSA) is 74.7 Å². The summed E-state index contributed by atoms with van der Waals surface area (Å²) < 4.78 is 24.1. The third-order valence-electron chi connectivity index (χ3n) is 17.5. The summed E-state index contributed by atoms with van der Waals surface area (Å²) >= 11 is 0. The first-order valence-electron chi connectivity index (χ1n) is 20.2. The van der Waals surface area contributed by atoms with Crippen molar-refractivity contribution in [1.82, 2.24) is 4.90 Å². The molecular formula is C43H67NO4S. The Morgan fingerprint density at radius 2 is 1.65 bits per heavy atom. The molecule has 5 fully saturated rings. The lowest BCUT2D eigenvalue weighted by Crippen LogP contribution is -2.65. The van der Waals surface area contributed by atoms with Crippen LogP contribution in [0.3, 0.4) is 0 Å². The van der Waals surface area contributed by atoms with Crippen LogP contribution in [0.2, 0.25) is 0 Å². The maximum Gasteiger partial charge on any atom is 0.306 e. The number of sulfone groups is 1. The van der Waals surface area contributed by atoms with Gasteiger partial charge in [0.1, 0.15) is 0 Å². The standard InChI is InChI=1S/C43H67NO4S/c1-29(2)32-15-21-43(18-8-24-44-25-27-49(47,48)28-26-44)23-22-41(6)34(37(32)43)13-14-36-40(5)19-16-33(30-9-11-31(12-10-30)38(45)46)39(3,4)35(40)17-20-42(36,41)7/h9,16,31-32,34-37H,1,8,10-15,17-28H2,2-7H3,(H,45,46)/t31-,32-,34+,35-,36+,37+,40-,41+,42+,43?/m0/s1. The van der Waals surface area contributed by atoms with Crippen molar-refractivity contribution in [3.8, 4) is 0 Å². The van der Waals surface area contributed by atoms with Crippen LogP contribution in [-0.2, 0) is 14.6 Å². The molecule has 0 amide bonds. The van der Waals surface area contributed by atoms with Gasteiger partial charge in [0, 0.05) is 13.1 Å². The van der Waals surface area contributed by atoms with E-state index in [-0.39, 0.29) is 16.7 Å². The molecule has 5 nitrogen and oxygen atoms in total. The van der Waals surface area contributed by atoms with Crippen LogP contribution in [0.15, 0.2) is 35.5 Å². The van der Waals surface area contributed by atoms with Gasteiger partial charge in [0.25, 0.3) is 0 Å². The third kappa shape index (κ3) is 5.60. The molecule has 6 heteroatoms. The van der Waals surface area contributed by atoms with Crippen LogP contribution in [0.1, 0.15) is 131 Å². The highest BCUT2D eigenvalue weighted by atomic mass is 32.2. The van der Waals surface area contributed by atoms with Crippen LogP contribution >= 0.6 is 0 Å². The summed E-state index contributed by atoms with van der Waals surface area (Å²) in [6, 6.07) is 0. The summed E-state index contributed by atoms with van der Waals surface area (Å²) in [6.07, 6.45) is 21.6. The molecule has 10 atom stereocenters. The number of hydrogen-bond donors (Lipinski definition) is 1. The van der Waals surface area contributed by atoms with Crippen molar-refractivity contribution >= 4 is 15.8 Å². The molecule has 1 unspecified atom stereocenters. The van der Waals surface area contributed by atoms with Gasteiger partial charge in [-0.2, -0.15) is 0 Å². The number of allylic oxidation sites excluding steroid dienone is 5. The van der Waals surface area contributed by atoms with Crippen LogP contribution in [-0.4, -0.2) is 55.5 Å². The number of carbonyl (C=O) groups is 1. The van der Waals surface area contributed by atoms with Crippen molar-refractivity contribution in [2.75, 3.05) is 31.1 Å². The summed E-state index contributed by atoms with van der Waals surface area (Å²) in [4.78, 5) is 14.1. The maximum absolute atomic E-state index is 12.0. The SMILES string of the molecule is C=C(C)[C@@H]1CCC2(CCCN3CCS(=O)(=O)CC3)CC[C@]3(C)[C@H](CC[C@@H]4[C@@]5(C)CC=C(C6=CC[C@H](C(=O)O)CC6)C(C)(C)[C@@H]5CC[C@]43C)[C@@H]12. The van der Waals surface area contributed by atoms with E-state index in [1.165, 1.54) is 80.9 Å². The van der Waals surface area contributed by atoms with Crippen LogP contribution in [0.4, 0.5) is 0 Å². The smallest absolute Gasteiger partial charge is 0.306 e. The molecule has 6 aliphatic carbocycles. The zero-order valence-electron chi connectivity index (χ0n) is 31.8. The average Bonchev–Trinajstić information content (AvgIpc) is 3.42. The van der Waals surface area contributed by atoms with Gasteiger partial charge in [0.05, 0.1) is 17.4 Å². The van der Waals surface area contributed by atoms with E-state index in [9.17, 15) is 18.3 Å². The van der Waals surface area contributed by atoms with Crippen molar-refractivity contribution in [1.29, 1.82) is 0 Å². The van der Waals surface area contributed by atoms with Gasteiger partial charge < -0.3 is 10.0 Å². The molecule has 0 aromatic heterocycles. The number of carboxylic acid groups (broad SMARTS) is 1. The number of rotatable bonds is 7. The van der Waals surface area contributed by atoms with E-state index in [1.807, 2.05) is 0 Å². The highest BCUT2D eigenvalue weighted by Gasteiger charge is 2.70. The lowest BCUT2D eigenvalue weighted by atomic mass is 9.32. The highest BCUT2D eigenvalue weighted by molar-refractivity contribution is 7.91. The number of fused-ring (bicyclic) bond motifs is 7. The minimum atomic E-state index is -2.84. The van der Waals surface area contributed by atoms with Crippen molar-refractivity contribution in [2.24, 2.45) is 62.6 Å². The average molecular weight is 694 g/mol. The van der Waals surface area contributed by atoms with Crippen LogP contribution in [0, 0.1) is 62.6 Å². The lowest BCUT2D eigenvalue weighted by Gasteiger charge is -2.72. The van der Waals surface area contributed by atoms with Crippen molar-refractivity contribution < 1.29 is 18.3 Å². The predicted octanol–water partition coefficient (Wildman–Crippen LogP) is 9.50. The van der Waals surface area contributed by atoms with Crippen molar-refractivity contribution in [2.45, 2.75) is 131 Å². The zero-order valence-corrected chi connectivity index (χ0v) is 32.6. The predicted molar refractivity (Wildman–Crippen MR) is 200 cm³/mol. The Bertz CT molecular complexity index is 1510. The second-order valence-electron chi connectivity index (χ2n) is 19.7. The maximum atomic E-state index is 12.0. The van der Waals surface area contributed by atoms with Gasteiger partial charge in [-0.25, -0.2) is 8.42 Å². The van der Waals surface area contributed by atoms with Crippen molar-refractivity contribution in [3.05, 3.63) is 35.5 Å². The molecule has 1 N–H and O–H groups in total.